The van der Waals surface area contributed by atoms with Gasteiger partial charge in [0.05, 0.1) is 23.9 Å². The molecule has 92 valence electrons. The average Bonchev–Trinajstić information content (AvgIpc) is 2.62. The summed E-state index contributed by atoms with van der Waals surface area (Å²) in [4.78, 5) is 4.40. The Morgan fingerprint density at radius 3 is 2.38 bits per heavy atom. The lowest BCUT2D eigenvalue weighted by atomic mass is 9.78. The first-order valence-electron chi connectivity index (χ1n) is 5.64. The Morgan fingerprint density at radius 1 is 1.38 bits per heavy atom. The van der Waals surface area contributed by atoms with Gasteiger partial charge in [0.1, 0.15) is 0 Å². The SMILES string of the molecule is Cc1nc(CC(CO)(CO)CC(C)C)cs1. The molecule has 0 unspecified atom stereocenters. The highest BCUT2D eigenvalue weighted by Gasteiger charge is 2.30. The molecule has 16 heavy (non-hydrogen) atoms. The van der Waals surface area contributed by atoms with Crippen molar-refractivity contribution < 1.29 is 10.2 Å². The molecule has 4 heteroatoms. The summed E-state index contributed by atoms with van der Waals surface area (Å²) in [6.45, 7) is 6.20. The van der Waals surface area contributed by atoms with Crippen LogP contribution < -0.4 is 0 Å². The van der Waals surface area contributed by atoms with Crippen LogP contribution in [0.3, 0.4) is 0 Å². The van der Waals surface area contributed by atoms with Gasteiger partial charge in [-0.3, -0.25) is 0 Å². The van der Waals surface area contributed by atoms with E-state index in [0.717, 1.165) is 17.1 Å². The number of hydrogen-bond donors (Lipinski definition) is 2. The number of thiazole rings is 1. The Balaban J connectivity index is 2.77. The molecule has 0 aliphatic rings. The maximum absolute atomic E-state index is 9.51. The number of aryl methyl sites for hydroxylation is 1. The monoisotopic (exact) mass is 243 g/mol. The third kappa shape index (κ3) is 3.54. The second-order valence-corrected chi connectivity index (χ2v) is 6.01. The van der Waals surface area contributed by atoms with E-state index >= 15 is 0 Å². The fourth-order valence-electron chi connectivity index (χ4n) is 2.10. The summed E-state index contributed by atoms with van der Waals surface area (Å²) >= 11 is 1.61. The van der Waals surface area contributed by atoms with Gasteiger partial charge in [-0.15, -0.1) is 11.3 Å². The predicted octanol–water partition coefficient (Wildman–Crippen LogP) is 2.01. The van der Waals surface area contributed by atoms with Gasteiger partial charge in [-0.2, -0.15) is 0 Å². The van der Waals surface area contributed by atoms with E-state index in [1.807, 2.05) is 12.3 Å². The molecule has 1 heterocycles. The molecule has 0 aliphatic carbocycles. The summed E-state index contributed by atoms with van der Waals surface area (Å²) < 4.78 is 0. The lowest BCUT2D eigenvalue weighted by Crippen LogP contribution is -2.34. The molecule has 0 bridgehead atoms. The van der Waals surface area contributed by atoms with Gasteiger partial charge in [-0.05, 0) is 19.3 Å². The molecule has 1 aromatic heterocycles. The van der Waals surface area contributed by atoms with Gasteiger partial charge >= 0.3 is 0 Å². The van der Waals surface area contributed by atoms with Gasteiger partial charge in [-0.1, -0.05) is 13.8 Å². The third-order valence-corrected chi connectivity index (χ3v) is 3.56. The topological polar surface area (TPSA) is 53.4 Å². The molecule has 0 saturated carbocycles. The van der Waals surface area contributed by atoms with Crippen LogP contribution in [0.25, 0.3) is 0 Å². The van der Waals surface area contributed by atoms with Crippen molar-refractivity contribution in [3.8, 4) is 0 Å². The largest absolute Gasteiger partial charge is 0.396 e. The van der Waals surface area contributed by atoms with Gasteiger partial charge < -0.3 is 10.2 Å². The van der Waals surface area contributed by atoms with Gasteiger partial charge in [-0.25, -0.2) is 4.98 Å². The number of hydrogen-bond acceptors (Lipinski definition) is 4. The fraction of sp³-hybridized carbons (Fsp3) is 0.750. The average molecular weight is 243 g/mol. The van der Waals surface area contributed by atoms with E-state index in [4.69, 9.17) is 0 Å². The van der Waals surface area contributed by atoms with Crippen molar-refractivity contribution >= 4 is 11.3 Å². The maximum Gasteiger partial charge on any atom is 0.0897 e. The highest BCUT2D eigenvalue weighted by atomic mass is 32.1. The predicted molar refractivity (Wildman–Crippen MR) is 66.6 cm³/mol. The molecule has 0 saturated heterocycles. The van der Waals surface area contributed by atoms with Gasteiger partial charge in [0.15, 0.2) is 0 Å². The Bertz CT molecular complexity index is 319. The zero-order chi connectivity index (χ0) is 12.2. The quantitative estimate of drug-likeness (QED) is 0.803. The van der Waals surface area contributed by atoms with Gasteiger partial charge in [0, 0.05) is 17.2 Å². The van der Waals surface area contributed by atoms with Crippen molar-refractivity contribution in [1.82, 2.24) is 4.98 Å². The van der Waals surface area contributed by atoms with Crippen molar-refractivity contribution in [1.29, 1.82) is 0 Å². The first-order valence-corrected chi connectivity index (χ1v) is 6.52. The molecular formula is C12H21NO2S. The van der Waals surface area contributed by atoms with Crippen LogP contribution in [0, 0.1) is 18.3 Å². The van der Waals surface area contributed by atoms with Crippen LogP contribution in [-0.4, -0.2) is 28.4 Å². The zero-order valence-electron chi connectivity index (χ0n) is 10.2. The van der Waals surface area contributed by atoms with Crippen molar-refractivity contribution in [2.24, 2.45) is 11.3 Å². The molecule has 1 rings (SSSR count). The van der Waals surface area contributed by atoms with Crippen LogP contribution in [0.4, 0.5) is 0 Å². The molecular weight excluding hydrogens is 222 g/mol. The Hall–Kier alpha value is -0.450. The molecule has 1 aromatic rings. The smallest absolute Gasteiger partial charge is 0.0897 e. The summed E-state index contributed by atoms with van der Waals surface area (Å²) in [5, 5.41) is 22.1. The van der Waals surface area contributed by atoms with E-state index < -0.39 is 5.41 Å². The van der Waals surface area contributed by atoms with Crippen LogP contribution in [0.5, 0.6) is 0 Å². The third-order valence-electron chi connectivity index (χ3n) is 2.73. The van der Waals surface area contributed by atoms with Gasteiger partial charge in [0.25, 0.3) is 0 Å². The lowest BCUT2D eigenvalue weighted by molar-refractivity contribution is 0.0363. The second-order valence-electron chi connectivity index (χ2n) is 4.95. The molecule has 2 N–H and O–H groups in total. The summed E-state index contributed by atoms with van der Waals surface area (Å²) in [5.41, 5.74) is 0.556. The van der Waals surface area contributed by atoms with E-state index in [2.05, 4.69) is 18.8 Å². The molecule has 0 fully saturated rings. The van der Waals surface area contributed by atoms with Crippen molar-refractivity contribution in [2.45, 2.75) is 33.6 Å². The van der Waals surface area contributed by atoms with Crippen molar-refractivity contribution in [2.75, 3.05) is 13.2 Å². The molecule has 0 aliphatic heterocycles. The van der Waals surface area contributed by atoms with Crippen LogP contribution >= 0.6 is 11.3 Å². The lowest BCUT2D eigenvalue weighted by Gasteiger charge is -2.30. The van der Waals surface area contributed by atoms with Crippen molar-refractivity contribution in [3.05, 3.63) is 16.1 Å². The number of rotatable bonds is 6. The molecule has 0 radical (unpaired) electrons. The summed E-state index contributed by atoms with van der Waals surface area (Å²) in [5.74, 6) is 0.457. The number of aromatic nitrogens is 1. The first-order chi connectivity index (χ1) is 7.51. The molecule has 3 nitrogen and oxygen atoms in total. The van der Waals surface area contributed by atoms with Crippen LogP contribution in [-0.2, 0) is 6.42 Å². The Kier molecular flexibility index (Phi) is 4.89. The molecule has 0 amide bonds. The van der Waals surface area contributed by atoms with Gasteiger partial charge in [0.2, 0.25) is 0 Å². The summed E-state index contributed by atoms with van der Waals surface area (Å²) in [7, 11) is 0. The maximum atomic E-state index is 9.51. The van der Waals surface area contributed by atoms with Crippen molar-refractivity contribution in [3.63, 3.8) is 0 Å². The zero-order valence-corrected chi connectivity index (χ0v) is 11.0. The Labute approximate surface area is 101 Å². The molecule has 0 aromatic carbocycles. The van der Waals surface area contributed by atoms with Crippen LogP contribution in [0.15, 0.2) is 5.38 Å². The van der Waals surface area contributed by atoms with E-state index in [-0.39, 0.29) is 13.2 Å². The van der Waals surface area contributed by atoms with E-state index in [1.54, 1.807) is 11.3 Å². The number of aliphatic hydroxyl groups is 2. The highest BCUT2D eigenvalue weighted by molar-refractivity contribution is 7.09. The second kappa shape index (κ2) is 5.75. The number of nitrogens with zero attached hydrogens (tertiary/aromatic N) is 1. The minimum Gasteiger partial charge on any atom is -0.396 e. The summed E-state index contributed by atoms with van der Waals surface area (Å²) in [6, 6.07) is 0. The van der Waals surface area contributed by atoms with E-state index in [1.165, 1.54) is 0 Å². The highest BCUT2D eigenvalue weighted by Crippen LogP contribution is 2.30. The fourth-order valence-corrected chi connectivity index (χ4v) is 2.72. The normalized spacial score (nSPS) is 12.4. The molecule has 0 spiro atoms. The number of aliphatic hydroxyl groups excluding tert-OH is 2. The van der Waals surface area contributed by atoms with Crippen LogP contribution in [0.1, 0.15) is 31.0 Å². The molecule has 0 atom stereocenters. The van der Waals surface area contributed by atoms with E-state index in [0.29, 0.717) is 12.3 Å². The minimum absolute atomic E-state index is 0.0122. The Morgan fingerprint density at radius 2 is 2.00 bits per heavy atom. The van der Waals surface area contributed by atoms with Crippen LogP contribution in [0.2, 0.25) is 0 Å². The summed E-state index contributed by atoms with van der Waals surface area (Å²) in [6.07, 6.45) is 1.47. The minimum atomic E-state index is -0.422. The standard InChI is InChI=1S/C12H21NO2S/c1-9(2)4-12(7-14,8-15)5-11-6-16-10(3)13-11/h6,9,14-15H,4-5,7-8H2,1-3H3. The first kappa shape index (κ1) is 13.6. The van der Waals surface area contributed by atoms with E-state index in [9.17, 15) is 10.2 Å².